The summed E-state index contributed by atoms with van der Waals surface area (Å²) in [7, 11) is 0. The lowest BCUT2D eigenvalue weighted by molar-refractivity contribution is 0.0151. The van der Waals surface area contributed by atoms with Gasteiger partial charge in [0.05, 0.1) is 11.5 Å². The van der Waals surface area contributed by atoms with Crippen LogP contribution in [0.25, 0.3) is 0 Å². The predicted octanol–water partition coefficient (Wildman–Crippen LogP) is 2.79. The number of hydrogen-bond donors (Lipinski definition) is 0. The Morgan fingerprint density at radius 2 is 2.55 bits per heavy atom. The third-order valence-electron chi connectivity index (χ3n) is 2.02. The van der Waals surface area contributed by atoms with Crippen molar-refractivity contribution in [3.05, 3.63) is 22.4 Å². The molecular weight excluding hydrogens is 156 g/mol. The van der Waals surface area contributed by atoms with Crippen LogP contribution in [0.3, 0.4) is 0 Å². The molecule has 1 atom stereocenters. The van der Waals surface area contributed by atoms with Crippen molar-refractivity contribution in [1.29, 1.82) is 0 Å². The van der Waals surface area contributed by atoms with Gasteiger partial charge in [0.2, 0.25) is 0 Å². The largest absolute Gasteiger partial charge is 0.373 e. The Labute approximate surface area is 71.0 Å². The van der Waals surface area contributed by atoms with Gasteiger partial charge in [-0.05, 0) is 30.7 Å². The van der Waals surface area contributed by atoms with Crippen LogP contribution in [0.2, 0.25) is 0 Å². The van der Waals surface area contributed by atoms with Crippen molar-refractivity contribution in [3.8, 4) is 0 Å². The first kappa shape index (κ1) is 7.32. The first-order valence-electron chi connectivity index (χ1n) is 4.03. The summed E-state index contributed by atoms with van der Waals surface area (Å²) in [6.45, 7) is 0.925. The summed E-state index contributed by atoms with van der Waals surface area (Å²) in [6.07, 6.45) is 4.04. The highest BCUT2D eigenvalue weighted by molar-refractivity contribution is 7.07. The monoisotopic (exact) mass is 167 g/mol. The van der Waals surface area contributed by atoms with Crippen LogP contribution in [0.1, 0.15) is 30.9 Å². The predicted molar refractivity (Wildman–Crippen MR) is 45.7 cm³/mol. The van der Waals surface area contributed by atoms with Crippen molar-refractivity contribution in [3.63, 3.8) is 0 Å². The van der Waals surface area contributed by atoms with Crippen LogP contribution in [-0.4, -0.2) is 6.61 Å². The normalized spacial score (nSPS) is 25.3. The summed E-state index contributed by atoms with van der Waals surface area (Å²) >= 11 is 1.63. The molecule has 2 rings (SSSR count). The third kappa shape index (κ3) is 1.63. The summed E-state index contributed by atoms with van der Waals surface area (Å²) in [5.41, 5.74) is 1.25. The minimum Gasteiger partial charge on any atom is -0.373 e. The van der Waals surface area contributed by atoms with Gasteiger partial charge < -0.3 is 4.74 Å². The second-order valence-electron chi connectivity index (χ2n) is 2.83. The first-order chi connectivity index (χ1) is 5.47. The second-order valence-corrected chi connectivity index (χ2v) is 3.55. The van der Waals surface area contributed by atoms with Crippen LogP contribution < -0.4 is 0 Å². The van der Waals surface area contributed by atoms with Crippen molar-refractivity contribution < 1.29 is 4.74 Å². The molecule has 0 spiro atoms. The Morgan fingerprint density at radius 3 is 3.18 bits per heavy atom. The third-order valence-corrected chi connectivity index (χ3v) is 2.64. The zero-order chi connectivity index (χ0) is 7.52. The highest BCUT2D eigenvalue weighted by Gasteiger charge is 2.15. The molecule has 59 valence electrons. The summed E-state index contributed by atoms with van der Waals surface area (Å²) in [6, 6.07) is 2.11. The minimum absolute atomic E-state index is 0.343. The van der Waals surface area contributed by atoms with E-state index in [-0.39, 0.29) is 0 Å². The minimum atomic E-state index is 0.343. The molecule has 2 heterocycles. The van der Waals surface area contributed by atoms with E-state index >= 15 is 0 Å². The molecule has 1 saturated heterocycles. The standard InChI is InChI=1S/C9H11OS/c1-2-5-10-9(3-1)8-4-6-11-7-8/h4,6,9H,1-3,5H2. The molecule has 1 aliphatic rings. The topological polar surface area (TPSA) is 9.23 Å². The fourth-order valence-electron chi connectivity index (χ4n) is 1.40. The maximum Gasteiger partial charge on any atom is 0.0839 e. The number of thiophene rings is 1. The van der Waals surface area contributed by atoms with Gasteiger partial charge in [-0.15, -0.1) is 11.3 Å². The Bertz CT molecular complexity index is 199. The molecule has 0 amide bonds. The lowest BCUT2D eigenvalue weighted by Gasteiger charge is -2.21. The number of hydrogen-bond acceptors (Lipinski definition) is 2. The van der Waals surface area contributed by atoms with Gasteiger partial charge in [-0.2, -0.15) is 0 Å². The van der Waals surface area contributed by atoms with E-state index in [0.29, 0.717) is 6.10 Å². The zero-order valence-electron chi connectivity index (χ0n) is 6.38. The quantitative estimate of drug-likeness (QED) is 0.625. The molecule has 0 saturated carbocycles. The lowest BCUT2D eigenvalue weighted by atomic mass is 10.0. The maximum absolute atomic E-state index is 5.60. The Morgan fingerprint density at radius 1 is 1.55 bits per heavy atom. The highest BCUT2D eigenvalue weighted by atomic mass is 32.1. The van der Waals surface area contributed by atoms with Crippen LogP contribution in [0.15, 0.2) is 11.4 Å². The molecule has 1 radical (unpaired) electrons. The fraction of sp³-hybridized carbons (Fsp3) is 0.556. The molecule has 0 N–H and O–H groups in total. The van der Waals surface area contributed by atoms with E-state index in [0.717, 1.165) is 6.61 Å². The van der Waals surface area contributed by atoms with Crippen LogP contribution in [0.5, 0.6) is 0 Å². The van der Waals surface area contributed by atoms with Crippen molar-refractivity contribution in [2.24, 2.45) is 0 Å². The second kappa shape index (κ2) is 3.37. The highest BCUT2D eigenvalue weighted by Crippen LogP contribution is 2.28. The molecule has 0 aliphatic carbocycles. The van der Waals surface area contributed by atoms with Crippen molar-refractivity contribution >= 4 is 11.3 Å². The Hall–Kier alpha value is -0.340. The average molecular weight is 167 g/mol. The van der Waals surface area contributed by atoms with Gasteiger partial charge in [0.1, 0.15) is 0 Å². The van der Waals surface area contributed by atoms with Gasteiger partial charge in [-0.25, -0.2) is 0 Å². The summed E-state index contributed by atoms with van der Waals surface area (Å²) in [5.74, 6) is 0. The van der Waals surface area contributed by atoms with E-state index in [4.69, 9.17) is 4.74 Å². The molecule has 1 fully saturated rings. The molecular formula is C9H11OS. The van der Waals surface area contributed by atoms with Crippen molar-refractivity contribution in [2.75, 3.05) is 6.61 Å². The summed E-state index contributed by atoms with van der Waals surface area (Å²) in [5, 5.41) is 5.29. The van der Waals surface area contributed by atoms with Gasteiger partial charge in [0, 0.05) is 12.2 Å². The van der Waals surface area contributed by atoms with Crippen molar-refractivity contribution in [1.82, 2.24) is 0 Å². The average Bonchev–Trinajstić information content (AvgIpc) is 2.58. The van der Waals surface area contributed by atoms with E-state index in [2.05, 4.69) is 16.8 Å². The van der Waals surface area contributed by atoms with Crippen molar-refractivity contribution in [2.45, 2.75) is 25.4 Å². The smallest absolute Gasteiger partial charge is 0.0839 e. The Kier molecular flexibility index (Phi) is 2.24. The maximum atomic E-state index is 5.60. The van der Waals surface area contributed by atoms with E-state index in [1.54, 1.807) is 11.3 Å². The number of ether oxygens (including phenoxy) is 1. The molecule has 2 heteroatoms. The van der Waals surface area contributed by atoms with Gasteiger partial charge in [-0.1, -0.05) is 0 Å². The lowest BCUT2D eigenvalue weighted by Crippen LogP contribution is -2.10. The fourth-order valence-corrected chi connectivity index (χ4v) is 2.02. The molecule has 1 unspecified atom stereocenters. The van der Waals surface area contributed by atoms with Gasteiger partial charge in [0.15, 0.2) is 0 Å². The van der Waals surface area contributed by atoms with Gasteiger partial charge in [0.25, 0.3) is 0 Å². The molecule has 1 nitrogen and oxygen atoms in total. The van der Waals surface area contributed by atoms with Gasteiger partial charge >= 0.3 is 0 Å². The van der Waals surface area contributed by atoms with Gasteiger partial charge in [-0.3, -0.25) is 0 Å². The molecule has 0 bridgehead atoms. The van der Waals surface area contributed by atoms with Crippen LogP contribution in [0, 0.1) is 5.38 Å². The van der Waals surface area contributed by atoms with Crippen LogP contribution >= 0.6 is 11.3 Å². The summed E-state index contributed by atoms with van der Waals surface area (Å²) < 4.78 is 5.60. The van der Waals surface area contributed by atoms with E-state index in [1.807, 2.05) is 0 Å². The molecule has 1 aliphatic heterocycles. The van der Waals surface area contributed by atoms with Crippen LogP contribution in [0.4, 0.5) is 0 Å². The molecule has 11 heavy (non-hydrogen) atoms. The van der Waals surface area contributed by atoms with E-state index < -0.39 is 0 Å². The number of rotatable bonds is 1. The van der Waals surface area contributed by atoms with E-state index in [1.165, 1.54) is 24.8 Å². The Balaban J connectivity index is 2.04. The summed E-state index contributed by atoms with van der Waals surface area (Å²) in [4.78, 5) is 0. The molecule has 1 aromatic rings. The molecule has 1 aromatic heterocycles. The van der Waals surface area contributed by atoms with E-state index in [9.17, 15) is 0 Å². The molecule has 0 aromatic carbocycles. The first-order valence-corrected chi connectivity index (χ1v) is 4.91. The SMILES string of the molecule is [c]1sccc1C1CCCCO1. The zero-order valence-corrected chi connectivity index (χ0v) is 7.19. The van der Waals surface area contributed by atoms with Crippen LogP contribution in [-0.2, 0) is 4.74 Å².